The van der Waals surface area contributed by atoms with Gasteiger partial charge in [0.05, 0.1) is 33.4 Å². The van der Waals surface area contributed by atoms with Crippen molar-refractivity contribution < 1.29 is 19.1 Å². The van der Waals surface area contributed by atoms with Crippen molar-refractivity contribution in [2.75, 3.05) is 120 Å². The number of benzene rings is 4. The molecule has 0 spiro atoms. The molecule has 2 fully saturated rings. The lowest BCUT2D eigenvalue weighted by atomic mass is 10.1. The van der Waals surface area contributed by atoms with E-state index >= 15 is 0 Å². The van der Waals surface area contributed by atoms with E-state index in [1.165, 1.54) is 23.5 Å². The Labute approximate surface area is 406 Å². The van der Waals surface area contributed by atoms with Crippen LogP contribution in [0, 0.1) is 0 Å². The molecule has 2 saturated heterocycles. The molecule has 18 heteroatoms. The summed E-state index contributed by atoms with van der Waals surface area (Å²) >= 11 is 2.82. The molecule has 2 aliphatic heterocycles. The van der Waals surface area contributed by atoms with E-state index in [0.717, 1.165) is 89.5 Å². The maximum absolute atomic E-state index is 13.8. The van der Waals surface area contributed by atoms with Crippen LogP contribution in [0.2, 0.25) is 0 Å². The fourth-order valence-corrected chi connectivity index (χ4v) is 9.22. The molecule has 0 unspecified atom stereocenters. The first-order chi connectivity index (χ1) is 32.8. The molecule has 2 aliphatic rings. The Bertz CT molecular complexity index is 2710. The van der Waals surface area contributed by atoms with Crippen LogP contribution in [-0.4, -0.2) is 136 Å². The molecule has 8 rings (SSSR count). The number of ether oxygens (including phenoxy) is 2. The van der Waals surface area contributed by atoms with E-state index in [1.54, 1.807) is 42.7 Å². The van der Waals surface area contributed by atoms with Crippen LogP contribution in [0.25, 0.3) is 0 Å². The standard InChI is InChI=1S/C50H58N12O4S2/c1-57(2)37-11-7-9-34(27-37)32-65-47-43(30-52-49(55-47)61-23-19-59(5)20-24-61)67-39-15-13-36(14-16-39)46(64)54-42-29-40(17-18-41(42)45(51)63)68-44-31-53-50(62-25-21-60(6)22-26-62)56-48(44)66-33-35-10-8-12-38(28-35)58(3)4/h7-18,27-31H,19-26,32-33H2,1-6H3,(H2,51,63)(H,54,64). The first kappa shape index (κ1) is 47.9. The van der Waals surface area contributed by atoms with Gasteiger partial charge in [-0.1, -0.05) is 47.8 Å². The van der Waals surface area contributed by atoms with Gasteiger partial charge in [0.25, 0.3) is 11.8 Å². The van der Waals surface area contributed by atoms with Gasteiger partial charge in [0.15, 0.2) is 0 Å². The van der Waals surface area contributed by atoms with Crippen LogP contribution in [0.1, 0.15) is 31.8 Å². The van der Waals surface area contributed by atoms with Crippen LogP contribution in [0.15, 0.2) is 123 Å². The number of carbonyl (C=O) groups is 2. The SMILES string of the molecule is CN1CCN(c2ncc(Sc3ccc(C(=O)Nc4cc(Sc5cnc(N6CCN(C)CC6)nc5OCc5cccc(N(C)C)c5)ccc4C(N)=O)cc3)c(OCc3cccc(N(C)C)c3)n2)CC1. The number of aromatic nitrogens is 4. The molecule has 3 N–H and O–H groups in total. The number of piperazine rings is 2. The van der Waals surface area contributed by atoms with Crippen LogP contribution in [0.4, 0.5) is 29.0 Å². The number of rotatable bonds is 17. The first-order valence-electron chi connectivity index (χ1n) is 22.5. The number of amides is 2. The highest BCUT2D eigenvalue weighted by atomic mass is 32.2. The second kappa shape index (κ2) is 22.0. The highest BCUT2D eigenvalue weighted by Crippen LogP contribution is 2.38. The molecule has 68 heavy (non-hydrogen) atoms. The molecule has 6 aromatic rings. The van der Waals surface area contributed by atoms with Crippen LogP contribution >= 0.6 is 23.5 Å². The number of hydrogen-bond acceptors (Lipinski definition) is 16. The topological polar surface area (TPSA) is 162 Å². The Morgan fingerprint density at radius 2 is 1.10 bits per heavy atom. The molecule has 16 nitrogen and oxygen atoms in total. The second-order valence-corrected chi connectivity index (χ2v) is 19.5. The Kier molecular flexibility index (Phi) is 15.5. The number of nitrogens with one attached hydrogen (secondary N) is 1. The molecule has 0 saturated carbocycles. The predicted octanol–water partition coefficient (Wildman–Crippen LogP) is 6.71. The number of hydrogen-bond donors (Lipinski definition) is 2. The molecule has 4 heterocycles. The summed E-state index contributed by atoms with van der Waals surface area (Å²) in [6.45, 7) is 7.54. The summed E-state index contributed by atoms with van der Waals surface area (Å²) in [5, 5.41) is 2.94. The monoisotopic (exact) mass is 954 g/mol. The Hall–Kier alpha value is -6.60. The van der Waals surface area contributed by atoms with Gasteiger partial charge in [-0.05, 0) is 92.0 Å². The average molecular weight is 955 g/mol. The zero-order valence-electron chi connectivity index (χ0n) is 39.4. The molecule has 2 aromatic heterocycles. The maximum atomic E-state index is 13.8. The van der Waals surface area contributed by atoms with E-state index in [0.29, 0.717) is 47.3 Å². The van der Waals surface area contributed by atoms with Gasteiger partial charge in [-0.3, -0.25) is 9.59 Å². The number of likely N-dealkylation sites (N-methyl/N-ethyl adjacent to an activating group) is 2. The van der Waals surface area contributed by atoms with Gasteiger partial charge in [0.1, 0.15) is 13.2 Å². The van der Waals surface area contributed by atoms with E-state index < -0.39 is 11.8 Å². The second-order valence-electron chi connectivity index (χ2n) is 17.2. The summed E-state index contributed by atoms with van der Waals surface area (Å²) in [4.78, 5) is 61.9. The van der Waals surface area contributed by atoms with Crippen LogP contribution in [0.5, 0.6) is 11.8 Å². The van der Waals surface area contributed by atoms with Gasteiger partial charge in [0.2, 0.25) is 23.7 Å². The van der Waals surface area contributed by atoms with Crippen molar-refractivity contribution in [1.29, 1.82) is 0 Å². The van der Waals surface area contributed by atoms with Crippen LogP contribution in [-0.2, 0) is 13.2 Å². The first-order valence-corrected chi connectivity index (χ1v) is 24.1. The Morgan fingerprint density at radius 3 is 1.57 bits per heavy atom. The minimum absolute atomic E-state index is 0.176. The number of primary amides is 1. The smallest absolute Gasteiger partial charge is 0.255 e. The summed E-state index contributed by atoms with van der Waals surface area (Å²) in [6, 6.07) is 28.7. The molecular weight excluding hydrogens is 897 g/mol. The molecule has 354 valence electrons. The van der Waals surface area contributed by atoms with Crippen LogP contribution < -0.4 is 40.1 Å². The van der Waals surface area contributed by atoms with Gasteiger partial charge in [-0.15, -0.1) is 0 Å². The summed E-state index contributed by atoms with van der Waals surface area (Å²) in [7, 11) is 12.3. The van der Waals surface area contributed by atoms with Crippen LogP contribution in [0.3, 0.4) is 0 Å². The van der Waals surface area contributed by atoms with Gasteiger partial charge >= 0.3 is 0 Å². The van der Waals surface area contributed by atoms with Crippen molar-refractivity contribution >= 4 is 64.3 Å². The number of anilines is 5. The zero-order valence-corrected chi connectivity index (χ0v) is 41.0. The quantitative estimate of drug-likeness (QED) is 0.0991. The summed E-state index contributed by atoms with van der Waals surface area (Å²) in [5.41, 5.74) is 10.8. The van der Waals surface area contributed by atoms with Gasteiger partial charge < -0.3 is 49.9 Å². The van der Waals surface area contributed by atoms with E-state index in [2.05, 4.69) is 62.1 Å². The highest BCUT2D eigenvalue weighted by Gasteiger charge is 2.22. The summed E-state index contributed by atoms with van der Waals surface area (Å²) in [6.07, 6.45) is 3.57. The fourth-order valence-electron chi connectivity index (χ4n) is 7.54. The number of carbonyl (C=O) groups excluding carboxylic acids is 2. The number of nitrogens with two attached hydrogens (primary N) is 1. The summed E-state index contributed by atoms with van der Waals surface area (Å²) < 4.78 is 12.9. The van der Waals surface area contributed by atoms with Crippen molar-refractivity contribution in [2.45, 2.75) is 32.8 Å². The van der Waals surface area contributed by atoms with Crippen molar-refractivity contribution in [3.05, 3.63) is 126 Å². The average Bonchev–Trinajstić information content (AvgIpc) is 3.34. The number of nitrogens with zero attached hydrogens (tertiary/aromatic N) is 10. The van der Waals surface area contributed by atoms with Gasteiger partial charge in [0, 0.05) is 107 Å². The molecule has 0 aliphatic carbocycles. The molecular formula is C50H58N12O4S2. The fraction of sp³-hybridized carbons (Fsp3) is 0.320. The van der Waals surface area contributed by atoms with Gasteiger partial charge in [-0.2, -0.15) is 9.97 Å². The minimum Gasteiger partial charge on any atom is -0.472 e. The predicted molar refractivity (Wildman–Crippen MR) is 271 cm³/mol. The molecule has 0 bridgehead atoms. The summed E-state index contributed by atoms with van der Waals surface area (Å²) in [5.74, 6) is 1.08. The van der Waals surface area contributed by atoms with E-state index in [9.17, 15) is 9.59 Å². The Morgan fingerprint density at radius 1 is 0.632 bits per heavy atom. The third-order valence-electron chi connectivity index (χ3n) is 11.7. The van der Waals surface area contributed by atoms with Gasteiger partial charge in [-0.25, -0.2) is 9.97 Å². The normalized spacial score (nSPS) is 14.4. The molecule has 2 amide bonds. The van der Waals surface area contributed by atoms with Crippen molar-refractivity contribution in [3.8, 4) is 11.8 Å². The largest absolute Gasteiger partial charge is 0.472 e. The zero-order chi connectivity index (χ0) is 47.7. The van der Waals surface area contributed by atoms with Crippen molar-refractivity contribution in [3.63, 3.8) is 0 Å². The molecule has 0 radical (unpaired) electrons. The van der Waals surface area contributed by atoms with E-state index in [-0.39, 0.29) is 11.3 Å². The lowest BCUT2D eigenvalue weighted by molar-refractivity contribution is 0.100. The minimum atomic E-state index is -0.670. The lowest BCUT2D eigenvalue weighted by Crippen LogP contribution is -2.45. The van der Waals surface area contributed by atoms with E-state index in [1.807, 2.05) is 75.6 Å². The molecule has 0 atom stereocenters. The van der Waals surface area contributed by atoms with E-state index in [4.69, 9.17) is 35.1 Å². The van der Waals surface area contributed by atoms with Crippen molar-refractivity contribution in [1.82, 2.24) is 29.7 Å². The highest BCUT2D eigenvalue weighted by molar-refractivity contribution is 7.99. The van der Waals surface area contributed by atoms with Crippen molar-refractivity contribution in [2.24, 2.45) is 5.73 Å². The maximum Gasteiger partial charge on any atom is 0.255 e. The Balaban J connectivity index is 0.987. The third-order valence-corrected chi connectivity index (χ3v) is 13.7. The molecule has 4 aromatic carbocycles. The lowest BCUT2D eigenvalue weighted by Gasteiger charge is -2.32. The third kappa shape index (κ3) is 12.3.